The summed E-state index contributed by atoms with van der Waals surface area (Å²) in [7, 11) is 0. The molecule has 0 amide bonds. The Bertz CT molecular complexity index is 415. The van der Waals surface area contributed by atoms with Crippen LogP contribution in [0, 0.1) is 6.92 Å². The van der Waals surface area contributed by atoms with Crippen molar-refractivity contribution in [2.45, 2.75) is 38.0 Å². The molecule has 2 fully saturated rings. The zero-order valence-electron chi connectivity index (χ0n) is 11.0. The molecule has 3 nitrogen and oxygen atoms in total. The van der Waals surface area contributed by atoms with Crippen molar-refractivity contribution in [3.05, 3.63) is 35.4 Å². The number of likely N-dealkylation sites (tertiary alicyclic amines) is 1. The highest BCUT2D eigenvalue weighted by Gasteiger charge is 2.38. The molecular weight excluding hydrogens is 224 g/mol. The van der Waals surface area contributed by atoms with E-state index in [-0.39, 0.29) is 12.1 Å². The lowest BCUT2D eigenvalue weighted by molar-refractivity contribution is 0.0965. The van der Waals surface area contributed by atoms with E-state index in [0.717, 1.165) is 26.1 Å². The van der Waals surface area contributed by atoms with Crippen LogP contribution in [0.5, 0.6) is 0 Å². The number of rotatable bonds is 2. The predicted octanol–water partition coefficient (Wildman–Crippen LogP) is 1.46. The first-order chi connectivity index (χ1) is 8.75. The van der Waals surface area contributed by atoms with Gasteiger partial charge < -0.3 is 10.4 Å². The van der Waals surface area contributed by atoms with E-state index in [2.05, 4.69) is 41.4 Å². The van der Waals surface area contributed by atoms with Gasteiger partial charge in [-0.15, -0.1) is 0 Å². The summed E-state index contributed by atoms with van der Waals surface area (Å²) in [6, 6.07) is 9.37. The molecule has 0 aliphatic carbocycles. The van der Waals surface area contributed by atoms with Gasteiger partial charge in [0.05, 0.1) is 12.1 Å². The van der Waals surface area contributed by atoms with Gasteiger partial charge in [0.15, 0.2) is 0 Å². The minimum atomic E-state index is -0.215. The van der Waals surface area contributed by atoms with Crippen molar-refractivity contribution in [2.24, 2.45) is 0 Å². The van der Waals surface area contributed by atoms with Crippen molar-refractivity contribution >= 4 is 0 Å². The van der Waals surface area contributed by atoms with Crippen LogP contribution in [-0.2, 0) is 0 Å². The second-order valence-electron chi connectivity index (χ2n) is 5.60. The summed E-state index contributed by atoms with van der Waals surface area (Å²) in [4.78, 5) is 2.50. The molecule has 0 spiro atoms. The Morgan fingerprint density at radius 3 is 2.94 bits per heavy atom. The molecule has 98 valence electrons. The summed E-state index contributed by atoms with van der Waals surface area (Å²) in [5.74, 6) is 0. The fraction of sp³-hybridized carbons (Fsp3) is 0.600. The maximum Gasteiger partial charge on any atom is 0.0749 e. The van der Waals surface area contributed by atoms with E-state index in [1.54, 1.807) is 0 Å². The van der Waals surface area contributed by atoms with Crippen molar-refractivity contribution in [3.63, 3.8) is 0 Å². The molecule has 3 heteroatoms. The zero-order chi connectivity index (χ0) is 12.5. The van der Waals surface area contributed by atoms with Crippen LogP contribution in [0.25, 0.3) is 0 Å². The van der Waals surface area contributed by atoms with Crippen LogP contribution in [-0.4, -0.2) is 41.8 Å². The van der Waals surface area contributed by atoms with Gasteiger partial charge >= 0.3 is 0 Å². The fourth-order valence-electron chi connectivity index (χ4n) is 3.40. The lowest BCUT2D eigenvalue weighted by atomic mass is 9.99. The third-order valence-electron chi connectivity index (χ3n) is 4.29. The molecule has 0 saturated carbocycles. The molecule has 0 radical (unpaired) electrons. The summed E-state index contributed by atoms with van der Waals surface area (Å²) in [5.41, 5.74) is 2.54. The molecule has 3 unspecified atom stereocenters. The first-order valence-corrected chi connectivity index (χ1v) is 6.97. The van der Waals surface area contributed by atoms with Crippen molar-refractivity contribution in [1.82, 2.24) is 10.2 Å². The van der Waals surface area contributed by atoms with Crippen molar-refractivity contribution in [2.75, 3.05) is 19.6 Å². The topological polar surface area (TPSA) is 35.5 Å². The molecular formula is C15H22N2O. The number of hydrogen-bond acceptors (Lipinski definition) is 3. The summed E-state index contributed by atoms with van der Waals surface area (Å²) in [5, 5.41) is 13.7. The number of aryl methyl sites for hydroxylation is 1. The van der Waals surface area contributed by atoms with Crippen LogP contribution in [0.15, 0.2) is 24.3 Å². The molecule has 0 bridgehead atoms. The van der Waals surface area contributed by atoms with Crippen LogP contribution in [0.1, 0.15) is 30.0 Å². The molecule has 3 rings (SSSR count). The Kier molecular flexibility index (Phi) is 3.37. The Morgan fingerprint density at radius 1 is 1.33 bits per heavy atom. The van der Waals surface area contributed by atoms with Crippen LogP contribution >= 0.6 is 0 Å². The Hall–Kier alpha value is -0.900. The average Bonchev–Trinajstić information content (AvgIpc) is 2.97. The lowest BCUT2D eigenvalue weighted by Gasteiger charge is -2.31. The second-order valence-corrected chi connectivity index (χ2v) is 5.60. The molecule has 1 aromatic rings. The third kappa shape index (κ3) is 2.18. The molecule has 3 atom stereocenters. The van der Waals surface area contributed by atoms with E-state index >= 15 is 0 Å². The third-order valence-corrected chi connectivity index (χ3v) is 4.29. The molecule has 2 aliphatic rings. The van der Waals surface area contributed by atoms with Gasteiger partial charge in [-0.25, -0.2) is 0 Å². The Balaban J connectivity index is 1.86. The summed E-state index contributed by atoms with van der Waals surface area (Å²) in [6.45, 7) is 5.31. The highest BCUT2D eigenvalue weighted by molar-refractivity contribution is 5.27. The second kappa shape index (κ2) is 5.00. The number of aliphatic hydroxyl groups excluding tert-OH is 1. The molecule has 2 saturated heterocycles. The normalized spacial score (nSPS) is 33.1. The first-order valence-electron chi connectivity index (χ1n) is 6.97. The van der Waals surface area contributed by atoms with Crippen molar-refractivity contribution in [3.8, 4) is 0 Å². The van der Waals surface area contributed by atoms with Crippen molar-refractivity contribution < 1.29 is 5.11 Å². The standard InChI is InChI=1S/C15H22N2O/c1-11-3-2-4-12(9-11)15-14(18)6-8-17(15)13-5-7-16-10-13/h2-4,9,13-16,18H,5-8,10H2,1H3. The summed E-state index contributed by atoms with van der Waals surface area (Å²) in [6.07, 6.45) is 1.89. The number of aliphatic hydroxyl groups is 1. The zero-order valence-corrected chi connectivity index (χ0v) is 11.0. The van der Waals surface area contributed by atoms with Crippen molar-refractivity contribution in [1.29, 1.82) is 0 Å². The van der Waals surface area contributed by atoms with Crippen LogP contribution in [0.2, 0.25) is 0 Å². The largest absolute Gasteiger partial charge is 0.391 e. The van der Waals surface area contributed by atoms with Gasteiger partial charge in [0.25, 0.3) is 0 Å². The minimum absolute atomic E-state index is 0.190. The van der Waals surface area contributed by atoms with Gasteiger partial charge in [-0.05, 0) is 31.9 Å². The van der Waals surface area contributed by atoms with E-state index in [4.69, 9.17) is 0 Å². The Labute approximate surface area is 109 Å². The average molecular weight is 246 g/mol. The van der Waals surface area contributed by atoms with E-state index in [1.807, 2.05) is 0 Å². The molecule has 2 heterocycles. The number of benzene rings is 1. The molecule has 1 aromatic carbocycles. The summed E-state index contributed by atoms with van der Waals surface area (Å²) < 4.78 is 0. The first kappa shape index (κ1) is 12.2. The number of nitrogens with one attached hydrogen (secondary N) is 1. The highest BCUT2D eigenvalue weighted by Crippen LogP contribution is 2.35. The van der Waals surface area contributed by atoms with Crippen LogP contribution in [0.4, 0.5) is 0 Å². The minimum Gasteiger partial charge on any atom is -0.391 e. The molecule has 2 aliphatic heterocycles. The van der Waals surface area contributed by atoms with Gasteiger partial charge in [0.2, 0.25) is 0 Å². The number of nitrogens with zero attached hydrogens (tertiary/aromatic N) is 1. The molecule has 0 aromatic heterocycles. The fourth-order valence-corrected chi connectivity index (χ4v) is 3.40. The molecule has 18 heavy (non-hydrogen) atoms. The van der Waals surface area contributed by atoms with Gasteiger partial charge in [-0.2, -0.15) is 0 Å². The lowest BCUT2D eigenvalue weighted by Crippen LogP contribution is -2.38. The monoisotopic (exact) mass is 246 g/mol. The maximum absolute atomic E-state index is 10.3. The van der Waals surface area contributed by atoms with Gasteiger partial charge in [0, 0.05) is 19.1 Å². The highest BCUT2D eigenvalue weighted by atomic mass is 16.3. The van der Waals surface area contributed by atoms with E-state index < -0.39 is 0 Å². The quantitative estimate of drug-likeness (QED) is 0.829. The maximum atomic E-state index is 10.3. The predicted molar refractivity (Wildman–Crippen MR) is 72.5 cm³/mol. The van der Waals surface area contributed by atoms with E-state index in [1.165, 1.54) is 17.5 Å². The van der Waals surface area contributed by atoms with Crippen LogP contribution < -0.4 is 5.32 Å². The molecule has 2 N–H and O–H groups in total. The number of hydrogen-bond donors (Lipinski definition) is 2. The van der Waals surface area contributed by atoms with Crippen LogP contribution in [0.3, 0.4) is 0 Å². The Morgan fingerprint density at radius 2 is 2.22 bits per heavy atom. The van der Waals surface area contributed by atoms with E-state index in [0.29, 0.717) is 6.04 Å². The smallest absolute Gasteiger partial charge is 0.0749 e. The van der Waals surface area contributed by atoms with Gasteiger partial charge in [-0.1, -0.05) is 29.8 Å². The van der Waals surface area contributed by atoms with Gasteiger partial charge in [0.1, 0.15) is 0 Å². The SMILES string of the molecule is Cc1cccc(C2C(O)CCN2C2CCNC2)c1. The van der Waals surface area contributed by atoms with E-state index in [9.17, 15) is 5.11 Å². The van der Waals surface area contributed by atoms with Gasteiger partial charge in [-0.3, -0.25) is 4.90 Å². The summed E-state index contributed by atoms with van der Waals surface area (Å²) >= 11 is 0.